The molecule has 0 unspecified atom stereocenters. The third-order valence-corrected chi connectivity index (χ3v) is 3.52. The van der Waals surface area contributed by atoms with Gasteiger partial charge in [0.2, 0.25) is 0 Å². The van der Waals surface area contributed by atoms with Crippen LogP contribution < -0.4 is 10.1 Å². The van der Waals surface area contributed by atoms with Gasteiger partial charge in [-0.2, -0.15) is 0 Å². The number of nitrogens with one attached hydrogen (secondary N) is 1. The molecule has 1 amide bonds. The molecular formula is C14H17NO2. The zero-order chi connectivity index (χ0) is 12.3. The van der Waals surface area contributed by atoms with E-state index in [1.807, 2.05) is 12.1 Å². The van der Waals surface area contributed by atoms with E-state index in [2.05, 4.69) is 32.2 Å². The monoisotopic (exact) mass is 231 g/mol. The number of ether oxygens (including phenoxy) is 1. The molecule has 1 saturated carbocycles. The van der Waals surface area contributed by atoms with E-state index >= 15 is 0 Å². The van der Waals surface area contributed by atoms with Crippen molar-refractivity contribution in [3.63, 3.8) is 0 Å². The standard InChI is InChI=1S/C14H17NO2/c1-13(2,3)9-4-5-11-10(8-9)15-12(16)14(17-11)6-7-14/h4-5,8H,6-7H2,1-3H3,(H,15,16). The van der Waals surface area contributed by atoms with Crippen LogP contribution in [0.5, 0.6) is 5.75 Å². The van der Waals surface area contributed by atoms with E-state index in [-0.39, 0.29) is 11.3 Å². The van der Waals surface area contributed by atoms with E-state index in [1.165, 1.54) is 5.56 Å². The highest BCUT2D eigenvalue weighted by Crippen LogP contribution is 2.47. The lowest BCUT2D eigenvalue weighted by molar-refractivity contribution is -0.125. The van der Waals surface area contributed by atoms with Crippen molar-refractivity contribution in [1.82, 2.24) is 0 Å². The fourth-order valence-corrected chi connectivity index (χ4v) is 2.12. The number of benzene rings is 1. The fourth-order valence-electron chi connectivity index (χ4n) is 2.12. The summed E-state index contributed by atoms with van der Waals surface area (Å²) in [4.78, 5) is 11.9. The van der Waals surface area contributed by atoms with E-state index in [4.69, 9.17) is 4.74 Å². The zero-order valence-electron chi connectivity index (χ0n) is 10.5. The fraction of sp³-hybridized carbons (Fsp3) is 0.500. The van der Waals surface area contributed by atoms with Crippen LogP contribution in [0.3, 0.4) is 0 Å². The maximum absolute atomic E-state index is 11.9. The summed E-state index contributed by atoms with van der Waals surface area (Å²) in [6.45, 7) is 6.47. The first-order valence-electron chi connectivity index (χ1n) is 6.06. The number of anilines is 1. The molecule has 1 N–H and O–H groups in total. The second-order valence-corrected chi connectivity index (χ2v) is 6.01. The summed E-state index contributed by atoms with van der Waals surface area (Å²) in [7, 11) is 0. The average Bonchev–Trinajstić information content (AvgIpc) is 2.99. The van der Waals surface area contributed by atoms with Crippen molar-refractivity contribution in [2.24, 2.45) is 0 Å². The highest BCUT2D eigenvalue weighted by atomic mass is 16.5. The van der Waals surface area contributed by atoms with E-state index < -0.39 is 5.60 Å². The first-order chi connectivity index (χ1) is 7.91. The normalized spacial score (nSPS) is 20.5. The third-order valence-electron chi connectivity index (χ3n) is 3.52. The van der Waals surface area contributed by atoms with Crippen LogP contribution >= 0.6 is 0 Å². The van der Waals surface area contributed by atoms with Crippen LogP contribution in [0.15, 0.2) is 18.2 Å². The Morgan fingerprint density at radius 1 is 1.29 bits per heavy atom. The van der Waals surface area contributed by atoms with E-state index in [9.17, 15) is 4.79 Å². The molecule has 1 aliphatic heterocycles. The molecule has 2 aliphatic rings. The third kappa shape index (κ3) is 1.61. The van der Waals surface area contributed by atoms with Crippen molar-refractivity contribution in [3.05, 3.63) is 23.8 Å². The van der Waals surface area contributed by atoms with Gasteiger partial charge in [-0.15, -0.1) is 0 Å². The Kier molecular flexibility index (Phi) is 1.90. The van der Waals surface area contributed by atoms with Crippen LogP contribution in [0.1, 0.15) is 39.2 Å². The Hall–Kier alpha value is -1.51. The van der Waals surface area contributed by atoms with Gasteiger partial charge in [0.25, 0.3) is 5.91 Å². The van der Waals surface area contributed by atoms with Crippen LogP contribution in [0, 0.1) is 0 Å². The maximum Gasteiger partial charge on any atom is 0.268 e. The molecule has 1 spiro atoms. The molecule has 1 heterocycles. The van der Waals surface area contributed by atoms with Gasteiger partial charge in [0, 0.05) is 12.8 Å². The molecule has 1 aromatic carbocycles. The summed E-state index contributed by atoms with van der Waals surface area (Å²) in [5, 5.41) is 2.96. The second kappa shape index (κ2) is 3.03. The number of hydrogen-bond donors (Lipinski definition) is 1. The SMILES string of the molecule is CC(C)(C)c1ccc2c(c1)NC(=O)C1(CC1)O2. The van der Waals surface area contributed by atoms with Crippen LogP contribution in [0.25, 0.3) is 0 Å². The molecule has 1 aromatic rings. The largest absolute Gasteiger partial charge is 0.475 e. The van der Waals surface area contributed by atoms with Gasteiger partial charge >= 0.3 is 0 Å². The van der Waals surface area contributed by atoms with Crippen LogP contribution in [-0.4, -0.2) is 11.5 Å². The van der Waals surface area contributed by atoms with Gasteiger partial charge in [-0.25, -0.2) is 0 Å². The molecule has 0 radical (unpaired) electrons. The first-order valence-corrected chi connectivity index (χ1v) is 6.06. The number of carbonyl (C=O) groups excluding carboxylic acids is 1. The lowest BCUT2D eigenvalue weighted by Crippen LogP contribution is -2.39. The quantitative estimate of drug-likeness (QED) is 0.745. The summed E-state index contributed by atoms with van der Waals surface area (Å²) in [6.07, 6.45) is 1.67. The predicted octanol–water partition coefficient (Wildman–Crippen LogP) is 2.85. The Bertz CT molecular complexity index is 495. The molecule has 0 bridgehead atoms. The minimum atomic E-state index is -0.545. The smallest absolute Gasteiger partial charge is 0.268 e. The molecule has 0 aromatic heterocycles. The van der Waals surface area contributed by atoms with Gasteiger partial charge in [0.05, 0.1) is 5.69 Å². The summed E-state index contributed by atoms with van der Waals surface area (Å²) < 4.78 is 5.80. The Labute approximate surface area is 101 Å². The van der Waals surface area contributed by atoms with E-state index in [0.717, 1.165) is 24.3 Å². The van der Waals surface area contributed by atoms with Crippen molar-refractivity contribution >= 4 is 11.6 Å². The highest BCUT2D eigenvalue weighted by molar-refractivity contribution is 6.02. The molecule has 3 rings (SSSR count). The molecular weight excluding hydrogens is 214 g/mol. The summed E-state index contributed by atoms with van der Waals surface area (Å²) in [6, 6.07) is 6.06. The summed E-state index contributed by atoms with van der Waals surface area (Å²) in [5.41, 5.74) is 1.54. The molecule has 90 valence electrons. The number of rotatable bonds is 0. The predicted molar refractivity (Wildman–Crippen MR) is 66.4 cm³/mol. The number of hydrogen-bond acceptors (Lipinski definition) is 2. The number of fused-ring (bicyclic) bond motifs is 1. The Morgan fingerprint density at radius 2 is 2.00 bits per heavy atom. The molecule has 17 heavy (non-hydrogen) atoms. The van der Waals surface area contributed by atoms with Gasteiger partial charge in [0.1, 0.15) is 5.75 Å². The minimum absolute atomic E-state index is 0.0102. The molecule has 0 saturated heterocycles. The summed E-state index contributed by atoms with van der Waals surface area (Å²) in [5.74, 6) is 0.811. The number of amides is 1. The highest BCUT2D eigenvalue weighted by Gasteiger charge is 2.55. The first kappa shape index (κ1) is 10.6. The minimum Gasteiger partial charge on any atom is -0.475 e. The van der Waals surface area contributed by atoms with Gasteiger partial charge in [-0.05, 0) is 23.1 Å². The lowest BCUT2D eigenvalue weighted by Gasteiger charge is -2.28. The lowest BCUT2D eigenvalue weighted by atomic mass is 9.86. The maximum atomic E-state index is 11.9. The average molecular weight is 231 g/mol. The molecule has 0 atom stereocenters. The van der Waals surface area contributed by atoms with Crippen LogP contribution in [0.4, 0.5) is 5.69 Å². The van der Waals surface area contributed by atoms with Crippen molar-refractivity contribution < 1.29 is 9.53 Å². The second-order valence-electron chi connectivity index (χ2n) is 6.01. The molecule has 1 aliphatic carbocycles. The van der Waals surface area contributed by atoms with E-state index in [1.54, 1.807) is 0 Å². The molecule has 3 heteroatoms. The van der Waals surface area contributed by atoms with E-state index in [0.29, 0.717) is 0 Å². The molecule has 3 nitrogen and oxygen atoms in total. The Balaban J connectivity index is 2.00. The summed E-state index contributed by atoms with van der Waals surface area (Å²) >= 11 is 0. The topological polar surface area (TPSA) is 38.3 Å². The van der Waals surface area contributed by atoms with Crippen molar-refractivity contribution in [2.75, 3.05) is 5.32 Å². The molecule has 1 fully saturated rings. The van der Waals surface area contributed by atoms with Gasteiger partial charge < -0.3 is 10.1 Å². The van der Waals surface area contributed by atoms with Crippen molar-refractivity contribution in [2.45, 2.75) is 44.6 Å². The zero-order valence-corrected chi connectivity index (χ0v) is 10.5. The van der Waals surface area contributed by atoms with Crippen molar-refractivity contribution in [1.29, 1.82) is 0 Å². The van der Waals surface area contributed by atoms with Crippen LogP contribution in [0.2, 0.25) is 0 Å². The van der Waals surface area contributed by atoms with Gasteiger partial charge in [-0.1, -0.05) is 26.8 Å². The van der Waals surface area contributed by atoms with Crippen molar-refractivity contribution in [3.8, 4) is 5.75 Å². The van der Waals surface area contributed by atoms with Gasteiger partial charge in [-0.3, -0.25) is 4.79 Å². The number of carbonyl (C=O) groups is 1. The van der Waals surface area contributed by atoms with Gasteiger partial charge in [0.15, 0.2) is 5.60 Å². The van der Waals surface area contributed by atoms with Crippen LogP contribution in [-0.2, 0) is 10.2 Å². The Morgan fingerprint density at radius 3 is 2.59 bits per heavy atom.